The van der Waals surface area contributed by atoms with Crippen LogP contribution in [-0.4, -0.2) is 48.2 Å². The lowest BCUT2D eigenvalue weighted by Crippen LogP contribution is -2.41. The second kappa shape index (κ2) is 6.21. The first kappa shape index (κ1) is 13.5. The third-order valence-electron chi connectivity index (χ3n) is 3.52. The van der Waals surface area contributed by atoms with E-state index in [1.54, 1.807) is 0 Å². The maximum absolute atomic E-state index is 10.9. The number of likely N-dealkylation sites (N-methyl/N-ethyl adjacent to an activating group) is 1. The number of nitrogens with one attached hydrogen (secondary N) is 1. The topological polar surface area (TPSA) is 52.6 Å². The summed E-state index contributed by atoms with van der Waals surface area (Å²) in [6.07, 6.45) is 3.35. The van der Waals surface area contributed by atoms with Crippen LogP contribution in [0.2, 0.25) is 0 Å². The fourth-order valence-corrected chi connectivity index (χ4v) is 2.03. The van der Waals surface area contributed by atoms with Crippen molar-refractivity contribution < 1.29 is 9.90 Å². The van der Waals surface area contributed by atoms with E-state index in [2.05, 4.69) is 24.2 Å². The minimum absolute atomic E-state index is 0.404. The minimum Gasteiger partial charge on any atom is -0.480 e. The molecule has 0 saturated heterocycles. The van der Waals surface area contributed by atoms with Crippen molar-refractivity contribution in [3.05, 3.63) is 0 Å². The van der Waals surface area contributed by atoms with Crippen LogP contribution in [0, 0.1) is 5.92 Å². The van der Waals surface area contributed by atoms with Crippen LogP contribution in [0.5, 0.6) is 0 Å². The van der Waals surface area contributed by atoms with Gasteiger partial charge in [0.25, 0.3) is 0 Å². The molecule has 0 amide bonds. The highest BCUT2D eigenvalue weighted by molar-refractivity contribution is 5.73. The molecular formula is C12H24N2O2. The van der Waals surface area contributed by atoms with E-state index in [4.69, 9.17) is 5.11 Å². The van der Waals surface area contributed by atoms with E-state index in [9.17, 15) is 4.79 Å². The van der Waals surface area contributed by atoms with E-state index in [0.29, 0.717) is 19.0 Å². The number of aliphatic carboxylic acids is 1. The average molecular weight is 228 g/mol. The average Bonchev–Trinajstić information content (AvgIpc) is 3.05. The Morgan fingerprint density at radius 1 is 1.56 bits per heavy atom. The van der Waals surface area contributed by atoms with Gasteiger partial charge in [0, 0.05) is 12.6 Å². The van der Waals surface area contributed by atoms with Crippen molar-refractivity contribution in [3.63, 3.8) is 0 Å². The summed E-state index contributed by atoms with van der Waals surface area (Å²) in [5.41, 5.74) is 0. The molecule has 0 aliphatic heterocycles. The molecule has 1 saturated carbocycles. The first-order valence-electron chi connectivity index (χ1n) is 6.22. The van der Waals surface area contributed by atoms with Crippen molar-refractivity contribution in [2.45, 2.75) is 45.2 Å². The van der Waals surface area contributed by atoms with Gasteiger partial charge in [0.1, 0.15) is 6.04 Å². The van der Waals surface area contributed by atoms with Crippen LogP contribution in [0.25, 0.3) is 0 Å². The lowest BCUT2D eigenvalue weighted by molar-refractivity contribution is -0.139. The van der Waals surface area contributed by atoms with Crippen LogP contribution in [0.3, 0.4) is 0 Å². The Morgan fingerprint density at radius 3 is 2.62 bits per heavy atom. The van der Waals surface area contributed by atoms with Crippen molar-refractivity contribution in [1.82, 2.24) is 10.2 Å². The number of hydrogen-bond acceptors (Lipinski definition) is 3. The molecule has 0 bridgehead atoms. The number of carbonyl (C=O) groups is 1. The summed E-state index contributed by atoms with van der Waals surface area (Å²) >= 11 is 0. The lowest BCUT2D eigenvalue weighted by Gasteiger charge is -2.26. The van der Waals surface area contributed by atoms with Gasteiger partial charge in [-0.05, 0) is 45.7 Å². The van der Waals surface area contributed by atoms with Crippen LogP contribution < -0.4 is 5.32 Å². The summed E-state index contributed by atoms with van der Waals surface area (Å²) in [5, 5.41) is 12.0. The zero-order valence-corrected chi connectivity index (χ0v) is 10.6. The summed E-state index contributed by atoms with van der Waals surface area (Å²) in [5.74, 6) is 0.0988. The molecule has 0 aromatic heterocycles. The molecule has 94 valence electrons. The van der Waals surface area contributed by atoms with E-state index in [-0.39, 0.29) is 0 Å². The van der Waals surface area contributed by atoms with Crippen LogP contribution in [0.15, 0.2) is 0 Å². The molecule has 2 unspecified atom stereocenters. The van der Waals surface area contributed by atoms with Crippen molar-refractivity contribution in [3.8, 4) is 0 Å². The van der Waals surface area contributed by atoms with Gasteiger partial charge in [-0.1, -0.05) is 6.92 Å². The first-order valence-corrected chi connectivity index (χ1v) is 6.22. The Hall–Kier alpha value is -0.610. The van der Waals surface area contributed by atoms with Crippen LogP contribution in [0.1, 0.15) is 33.1 Å². The molecule has 1 fully saturated rings. The van der Waals surface area contributed by atoms with Crippen LogP contribution in [-0.2, 0) is 4.79 Å². The minimum atomic E-state index is -0.741. The SMILES string of the molecule is CCNC(CCN(C)C(C)C1CC1)C(=O)O. The smallest absolute Gasteiger partial charge is 0.320 e. The molecule has 4 heteroatoms. The summed E-state index contributed by atoms with van der Waals surface area (Å²) < 4.78 is 0. The monoisotopic (exact) mass is 228 g/mol. The molecule has 0 aromatic carbocycles. The molecule has 0 heterocycles. The summed E-state index contributed by atoms with van der Waals surface area (Å²) in [4.78, 5) is 13.2. The van der Waals surface area contributed by atoms with Crippen molar-refractivity contribution in [1.29, 1.82) is 0 Å². The van der Waals surface area contributed by atoms with Crippen molar-refractivity contribution in [2.75, 3.05) is 20.1 Å². The Bertz CT molecular complexity index is 229. The standard InChI is InChI=1S/C12H24N2O2/c1-4-13-11(12(15)16)7-8-14(3)9(2)10-5-6-10/h9-11,13H,4-8H2,1-3H3,(H,15,16). The third kappa shape index (κ3) is 4.10. The van der Waals surface area contributed by atoms with E-state index >= 15 is 0 Å². The number of carboxylic acids is 1. The molecule has 4 nitrogen and oxygen atoms in total. The van der Waals surface area contributed by atoms with E-state index in [1.807, 2.05) is 6.92 Å². The summed E-state index contributed by atoms with van der Waals surface area (Å²) in [6.45, 7) is 5.73. The molecule has 0 aromatic rings. The van der Waals surface area contributed by atoms with Gasteiger partial charge in [-0.2, -0.15) is 0 Å². The molecule has 2 N–H and O–H groups in total. The molecule has 16 heavy (non-hydrogen) atoms. The predicted octanol–water partition coefficient (Wildman–Crippen LogP) is 1.17. The highest BCUT2D eigenvalue weighted by Crippen LogP contribution is 2.34. The molecule has 2 atom stereocenters. The molecule has 0 radical (unpaired) electrons. The quantitative estimate of drug-likeness (QED) is 0.655. The highest BCUT2D eigenvalue weighted by atomic mass is 16.4. The van der Waals surface area contributed by atoms with Gasteiger partial charge in [-0.3, -0.25) is 4.79 Å². The highest BCUT2D eigenvalue weighted by Gasteiger charge is 2.30. The van der Waals surface area contributed by atoms with Gasteiger partial charge in [0.2, 0.25) is 0 Å². The second-order valence-corrected chi connectivity index (χ2v) is 4.80. The molecular weight excluding hydrogens is 204 g/mol. The van der Waals surface area contributed by atoms with Gasteiger partial charge < -0.3 is 15.3 Å². The van der Waals surface area contributed by atoms with Gasteiger partial charge in [0.15, 0.2) is 0 Å². The summed E-state index contributed by atoms with van der Waals surface area (Å²) in [6, 6.07) is 0.190. The Labute approximate surface area is 98.0 Å². The fourth-order valence-electron chi connectivity index (χ4n) is 2.03. The largest absolute Gasteiger partial charge is 0.480 e. The first-order chi connectivity index (χ1) is 7.56. The van der Waals surface area contributed by atoms with Gasteiger partial charge in [-0.25, -0.2) is 0 Å². The van der Waals surface area contributed by atoms with E-state index in [1.165, 1.54) is 12.8 Å². The van der Waals surface area contributed by atoms with Gasteiger partial charge in [0.05, 0.1) is 0 Å². The fraction of sp³-hybridized carbons (Fsp3) is 0.917. The summed E-state index contributed by atoms with van der Waals surface area (Å²) in [7, 11) is 2.09. The molecule has 0 spiro atoms. The Morgan fingerprint density at radius 2 is 2.19 bits per heavy atom. The van der Waals surface area contributed by atoms with E-state index in [0.717, 1.165) is 12.5 Å². The maximum Gasteiger partial charge on any atom is 0.320 e. The van der Waals surface area contributed by atoms with Crippen molar-refractivity contribution >= 4 is 5.97 Å². The molecule has 1 aliphatic rings. The molecule has 1 aliphatic carbocycles. The third-order valence-corrected chi connectivity index (χ3v) is 3.52. The van der Waals surface area contributed by atoms with Crippen molar-refractivity contribution in [2.24, 2.45) is 5.92 Å². The Kier molecular flexibility index (Phi) is 5.22. The number of rotatable bonds is 8. The zero-order valence-electron chi connectivity index (χ0n) is 10.6. The van der Waals surface area contributed by atoms with Gasteiger partial charge in [-0.15, -0.1) is 0 Å². The number of carboxylic acid groups (broad SMARTS) is 1. The Balaban J connectivity index is 2.27. The van der Waals surface area contributed by atoms with Gasteiger partial charge >= 0.3 is 5.97 Å². The molecule has 1 rings (SSSR count). The zero-order chi connectivity index (χ0) is 12.1. The van der Waals surface area contributed by atoms with E-state index < -0.39 is 12.0 Å². The van der Waals surface area contributed by atoms with Crippen LogP contribution >= 0.6 is 0 Å². The lowest BCUT2D eigenvalue weighted by atomic mass is 10.1. The number of nitrogens with zero attached hydrogens (tertiary/aromatic N) is 1. The van der Waals surface area contributed by atoms with Crippen LogP contribution in [0.4, 0.5) is 0 Å². The number of hydrogen-bond donors (Lipinski definition) is 2. The second-order valence-electron chi connectivity index (χ2n) is 4.80. The predicted molar refractivity (Wildman–Crippen MR) is 64.5 cm³/mol. The normalized spacial score (nSPS) is 19.8. The maximum atomic E-state index is 10.9.